The first-order chi connectivity index (χ1) is 16.8. The van der Waals surface area contributed by atoms with Gasteiger partial charge in [0.25, 0.3) is 5.91 Å². The summed E-state index contributed by atoms with van der Waals surface area (Å²) >= 11 is 18.8. The van der Waals surface area contributed by atoms with E-state index < -0.39 is 11.9 Å². The van der Waals surface area contributed by atoms with Crippen LogP contribution < -0.4 is 10.1 Å². The largest absolute Gasteiger partial charge is 0.486 e. The van der Waals surface area contributed by atoms with Crippen molar-refractivity contribution in [1.82, 2.24) is 0 Å². The molecule has 3 aromatic rings. The number of anilines is 1. The predicted molar refractivity (Wildman–Crippen MR) is 137 cm³/mol. The average Bonchev–Trinajstić information content (AvgIpc) is 2.83. The molecule has 0 unspecified atom stereocenters. The monoisotopic (exact) mass is 528 g/mol. The van der Waals surface area contributed by atoms with Gasteiger partial charge in [-0.05, 0) is 61.0 Å². The Kier molecular flexibility index (Phi) is 9.16. The number of amides is 1. The van der Waals surface area contributed by atoms with E-state index in [-0.39, 0.29) is 34.6 Å². The molecular formula is C26H19Cl3N2O4. The van der Waals surface area contributed by atoms with Gasteiger partial charge >= 0.3 is 5.97 Å². The second kappa shape index (κ2) is 12.3. The Morgan fingerprint density at radius 3 is 2.26 bits per heavy atom. The van der Waals surface area contributed by atoms with E-state index in [2.05, 4.69) is 5.32 Å². The maximum atomic E-state index is 12.6. The predicted octanol–water partition coefficient (Wildman–Crippen LogP) is 6.95. The highest BCUT2D eigenvalue weighted by Crippen LogP contribution is 2.36. The van der Waals surface area contributed by atoms with E-state index in [0.717, 1.165) is 5.56 Å². The van der Waals surface area contributed by atoms with E-state index in [4.69, 9.17) is 44.3 Å². The van der Waals surface area contributed by atoms with Crippen LogP contribution in [0.25, 0.3) is 6.08 Å². The zero-order valence-electron chi connectivity index (χ0n) is 18.5. The van der Waals surface area contributed by atoms with Gasteiger partial charge in [-0.15, -0.1) is 0 Å². The Bertz CT molecular complexity index is 1290. The van der Waals surface area contributed by atoms with Crippen molar-refractivity contribution < 1.29 is 19.1 Å². The summed E-state index contributed by atoms with van der Waals surface area (Å²) in [5.41, 5.74) is 1.79. The minimum atomic E-state index is -0.636. The Hall–Kier alpha value is -3.50. The number of ether oxygens (including phenoxy) is 2. The van der Waals surface area contributed by atoms with Gasteiger partial charge in [0.15, 0.2) is 5.75 Å². The standard InChI is InChI=1S/C26H19Cl3N2O4/c1-2-34-26(33)17-7-9-20(10-8-17)31-25(32)19(14-30)11-16-12-22(28)24(23(29)13-16)35-15-18-5-3-4-6-21(18)27/h3-13H,2,15H2,1H3,(H,31,32)/b19-11+. The number of hydrogen-bond acceptors (Lipinski definition) is 5. The normalized spacial score (nSPS) is 10.9. The van der Waals surface area contributed by atoms with Gasteiger partial charge in [0.2, 0.25) is 0 Å². The van der Waals surface area contributed by atoms with Gasteiger partial charge < -0.3 is 14.8 Å². The summed E-state index contributed by atoms with van der Waals surface area (Å²) in [6.07, 6.45) is 1.36. The average molecular weight is 530 g/mol. The van der Waals surface area contributed by atoms with Gasteiger partial charge in [-0.1, -0.05) is 53.0 Å². The van der Waals surface area contributed by atoms with Gasteiger partial charge in [0.05, 0.1) is 22.2 Å². The number of carbonyl (C=O) groups is 2. The van der Waals surface area contributed by atoms with Crippen LogP contribution in [0.2, 0.25) is 15.1 Å². The van der Waals surface area contributed by atoms with Crippen molar-refractivity contribution in [3.63, 3.8) is 0 Å². The van der Waals surface area contributed by atoms with Crippen LogP contribution >= 0.6 is 34.8 Å². The van der Waals surface area contributed by atoms with Crippen LogP contribution in [0.15, 0.2) is 66.2 Å². The number of rotatable bonds is 8. The summed E-state index contributed by atoms with van der Waals surface area (Å²) in [6.45, 7) is 2.13. The zero-order chi connectivity index (χ0) is 25.4. The summed E-state index contributed by atoms with van der Waals surface area (Å²) in [6, 6.07) is 18.3. The summed E-state index contributed by atoms with van der Waals surface area (Å²) in [5, 5.41) is 13.1. The molecule has 0 bridgehead atoms. The third-order valence-electron chi connectivity index (χ3n) is 4.68. The number of benzene rings is 3. The fourth-order valence-electron chi connectivity index (χ4n) is 2.98. The third-order valence-corrected chi connectivity index (χ3v) is 5.61. The molecule has 1 amide bonds. The third kappa shape index (κ3) is 7.00. The highest BCUT2D eigenvalue weighted by Gasteiger charge is 2.14. The maximum absolute atomic E-state index is 12.6. The minimum absolute atomic E-state index is 0.162. The lowest BCUT2D eigenvalue weighted by Crippen LogP contribution is -2.13. The highest BCUT2D eigenvalue weighted by atomic mass is 35.5. The number of nitriles is 1. The fourth-order valence-corrected chi connectivity index (χ4v) is 3.79. The van der Waals surface area contributed by atoms with E-state index in [9.17, 15) is 14.9 Å². The van der Waals surface area contributed by atoms with Crippen molar-refractivity contribution in [3.05, 3.63) is 98.0 Å². The lowest BCUT2D eigenvalue weighted by atomic mass is 10.1. The summed E-state index contributed by atoms with van der Waals surface area (Å²) < 4.78 is 10.7. The van der Waals surface area contributed by atoms with E-state index >= 15 is 0 Å². The van der Waals surface area contributed by atoms with Crippen LogP contribution in [0.4, 0.5) is 5.69 Å². The van der Waals surface area contributed by atoms with E-state index in [0.29, 0.717) is 21.8 Å². The van der Waals surface area contributed by atoms with Crippen LogP contribution in [0, 0.1) is 11.3 Å². The van der Waals surface area contributed by atoms with Gasteiger partial charge in [-0.25, -0.2) is 4.79 Å². The fraction of sp³-hybridized carbons (Fsp3) is 0.115. The van der Waals surface area contributed by atoms with Gasteiger partial charge in [0.1, 0.15) is 18.2 Å². The van der Waals surface area contributed by atoms with Crippen molar-refractivity contribution in [2.24, 2.45) is 0 Å². The van der Waals surface area contributed by atoms with Crippen LogP contribution in [0.3, 0.4) is 0 Å². The van der Waals surface area contributed by atoms with Crippen LogP contribution in [0.1, 0.15) is 28.4 Å². The number of halogens is 3. The first kappa shape index (κ1) is 26.1. The van der Waals surface area contributed by atoms with Crippen molar-refractivity contribution in [2.75, 3.05) is 11.9 Å². The van der Waals surface area contributed by atoms with Crippen molar-refractivity contribution in [2.45, 2.75) is 13.5 Å². The smallest absolute Gasteiger partial charge is 0.338 e. The molecule has 3 rings (SSSR count). The molecule has 1 N–H and O–H groups in total. The van der Waals surface area contributed by atoms with Crippen molar-refractivity contribution in [3.8, 4) is 11.8 Å². The number of esters is 1. The zero-order valence-corrected chi connectivity index (χ0v) is 20.7. The first-order valence-corrected chi connectivity index (χ1v) is 11.5. The van der Waals surface area contributed by atoms with Crippen LogP contribution in [-0.4, -0.2) is 18.5 Å². The number of hydrogen-bond donors (Lipinski definition) is 1. The first-order valence-electron chi connectivity index (χ1n) is 10.4. The maximum Gasteiger partial charge on any atom is 0.338 e. The van der Waals surface area contributed by atoms with Crippen molar-refractivity contribution >= 4 is 58.4 Å². The van der Waals surface area contributed by atoms with Gasteiger partial charge in [-0.3, -0.25) is 4.79 Å². The van der Waals surface area contributed by atoms with E-state index in [1.165, 1.54) is 42.5 Å². The van der Waals surface area contributed by atoms with Crippen LogP contribution in [0.5, 0.6) is 5.75 Å². The molecule has 3 aromatic carbocycles. The summed E-state index contributed by atoms with van der Waals surface area (Å²) in [5.74, 6) is -0.839. The highest BCUT2D eigenvalue weighted by molar-refractivity contribution is 6.37. The number of carbonyl (C=O) groups excluding carboxylic acids is 2. The summed E-state index contributed by atoms with van der Waals surface area (Å²) in [7, 11) is 0. The molecule has 0 saturated heterocycles. The molecule has 35 heavy (non-hydrogen) atoms. The van der Waals surface area contributed by atoms with Gasteiger partial charge in [0, 0.05) is 16.3 Å². The van der Waals surface area contributed by atoms with Gasteiger partial charge in [-0.2, -0.15) is 5.26 Å². The van der Waals surface area contributed by atoms with Crippen LogP contribution in [-0.2, 0) is 16.1 Å². The lowest BCUT2D eigenvalue weighted by molar-refractivity contribution is -0.112. The molecule has 0 heterocycles. The molecule has 178 valence electrons. The molecular weight excluding hydrogens is 511 g/mol. The molecule has 0 aliphatic carbocycles. The Balaban J connectivity index is 1.73. The molecule has 9 heteroatoms. The molecule has 0 aliphatic rings. The Labute approximate surface area is 217 Å². The topological polar surface area (TPSA) is 88.4 Å². The molecule has 0 radical (unpaired) electrons. The Morgan fingerprint density at radius 1 is 1.00 bits per heavy atom. The van der Waals surface area contributed by atoms with E-state index in [1.54, 1.807) is 13.0 Å². The SMILES string of the molecule is CCOC(=O)c1ccc(NC(=O)/C(C#N)=C/c2cc(Cl)c(OCc3ccccc3Cl)c(Cl)c2)cc1. The molecule has 6 nitrogen and oxygen atoms in total. The minimum Gasteiger partial charge on any atom is -0.486 e. The molecule has 0 atom stereocenters. The second-order valence-corrected chi connectivity index (χ2v) is 8.34. The molecule has 0 spiro atoms. The molecule has 0 saturated carbocycles. The quantitative estimate of drug-likeness (QED) is 0.194. The number of nitrogens with zero attached hydrogens (tertiary/aromatic N) is 1. The summed E-state index contributed by atoms with van der Waals surface area (Å²) in [4.78, 5) is 24.3. The van der Waals surface area contributed by atoms with Crippen molar-refractivity contribution in [1.29, 1.82) is 5.26 Å². The molecule has 0 aliphatic heterocycles. The second-order valence-electron chi connectivity index (χ2n) is 7.12. The number of nitrogens with one attached hydrogen (secondary N) is 1. The molecule has 0 fully saturated rings. The van der Waals surface area contributed by atoms with E-state index in [1.807, 2.05) is 24.3 Å². The Morgan fingerprint density at radius 2 is 1.66 bits per heavy atom. The molecule has 0 aromatic heterocycles. The lowest BCUT2D eigenvalue weighted by Gasteiger charge is -2.12.